The Morgan fingerprint density at radius 1 is 1.21 bits per heavy atom. The molecule has 1 aromatic rings. The third-order valence-electron chi connectivity index (χ3n) is 4.13. The van der Waals surface area contributed by atoms with Crippen LogP contribution in [0.1, 0.15) is 49.3 Å². The summed E-state index contributed by atoms with van der Waals surface area (Å²) in [6.45, 7) is 7.34. The van der Waals surface area contributed by atoms with Gasteiger partial charge in [-0.05, 0) is 68.7 Å². The van der Waals surface area contributed by atoms with Crippen LogP contribution in [0.3, 0.4) is 0 Å². The van der Waals surface area contributed by atoms with Gasteiger partial charge in [0.2, 0.25) is 0 Å². The van der Waals surface area contributed by atoms with Gasteiger partial charge in [-0.15, -0.1) is 0 Å². The fourth-order valence-electron chi connectivity index (χ4n) is 3.19. The van der Waals surface area contributed by atoms with Gasteiger partial charge in [0.15, 0.2) is 0 Å². The van der Waals surface area contributed by atoms with Gasteiger partial charge in [-0.2, -0.15) is 0 Å². The molecule has 106 valence electrons. The van der Waals surface area contributed by atoms with Crippen LogP contribution in [0.4, 0.5) is 0 Å². The molecular formula is C17H27NO. The second-order valence-electron chi connectivity index (χ2n) is 6.11. The van der Waals surface area contributed by atoms with Crippen molar-refractivity contribution in [2.75, 3.05) is 6.54 Å². The lowest BCUT2D eigenvalue weighted by Gasteiger charge is -2.28. The van der Waals surface area contributed by atoms with Gasteiger partial charge in [-0.1, -0.05) is 25.5 Å². The Labute approximate surface area is 117 Å². The molecule has 2 unspecified atom stereocenters. The Hall–Kier alpha value is -1.02. The quantitative estimate of drug-likeness (QED) is 0.895. The van der Waals surface area contributed by atoms with Gasteiger partial charge >= 0.3 is 0 Å². The van der Waals surface area contributed by atoms with Gasteiger partial charge in [0.25, 0.3) is 0 Å². The summed E-state index contributed by atoms with van der Waals surface area (Å²) in [5, 5.41) is 0. The van der Waals surface area contributed by atoms with Gasteiger partial charge in [0, 0.05) is 0 Å². The van der Waals surface area contributed by atoms with E-state index in [2.05, 4.69) is 32.9 Å². The summed E-state index contributed by atoms with van der Waals surface area (Å²) in [4.78, 5) is 0. The minimum absolute atomic E-state index is 0.404. The zero-order valence-electron chi connectivity index (χ0n) is 12.5. The standard InChI is InChI=1S/C17H27NO/c1-12-5-4-6-16(9-12)19-17-13(2)10-15(7-8-18)11-14(17)3/h10-12,16H,4-9,18H2,1-3H3. The monoisotopic (exact) mass is 261 g/mol. The molecule has 0 saturated heterocycles. The maximum absolute atomic E-state index is 6.29. The highest BCUT2D eigenvalue weighted by atomic mass is 16.5. The van der Waals surface area contributed by atoms with E-state index in [0.29, 0.717) is 12.6 Å². The number of ether oxygens (including phenoxy) is 1. The highest BCUT2D eigenvalue weighted by Crippen LogP contribution is 2.31. The molecule has 0 heterocycles. The summed E-state index contributed by atoms with van der Waals surface area (Å²) >= 11 is 0. The van der Waals surface area contributed by atoms with E-state index in [4.69, 9.17) is 10.5 Å². The molecule has 2 N–H and O–H groups in total. The number of benzene rings is 1. The van der Waals surface area contributed by atoms with E-state index in [-0.39, 0.29) is 0 Å². The second-order valence-corrected chi connectivity index (χ2v) is 6.11. The second kappa shape index (κ2) is 6.42. The molecule has 19 heavy (non-hydrogen) atoms. The SMILES string of the molecule is Cc1cc(CCN)cc(C)c1OC1CCCC(C)C1. The summed E-state index contributed by atoms with van der Waals surface area (Å²) < 4.78 is 6.29. The molecule has 0 bridgehead atoms. The molecule has 2 atom stereocenters. The highest BCUT2D eigenvalue weighted by molar-refractivity contribution is 5.43. The lowest BCUT2D eigenvalue weighted by Crippen LogP contribution is -2.24. The topological polar surface area (TPSA) is 35.2 Å². The summed E-state index contributed by atoms with van der Waals surface area (Å²) in [5.74, 6) is 1.90. The van der Waals surface area contributed by atoms with Gasteiger partial charge in [0.05, 0.1) is 6.10 Å². The van der Waals surface area contributed by atoms with E-state index in [1.807, 2.05) is 0 Å². The Morgan fingerprint density at radius 3 is 2.47 bits per heavy atom. The minimum Gasteiger partial charge on any atom is -0.490 e. The van der Waals surface area contributed by atoms with Crippen molar-refractivity contribution in [1.29, 1.82) is 0 Å². The molecule has 0 spiro atoms. The van der Waals surface area contributed by atoms with Crippen LogP contribution >= 0.6 is 0 Å². The number of hydrogen-bond donors (Lipinski definition) is 1. The maximum atomic E-state index is 6.29. The third kappa shape index (κ3) is 3.73. The van der Waals surface area contributed by atoms with E-state index in [0.717, 1.165) is 18.1 Å². The molecule has 2 heteroatoms. The largest absolute Gasteiger partial charge is 0.490 e. The fraction of sp³-hybridized carbons (Fsp3) is 0.647. The Morgan fingerprint density at radius 2 is 1.89 bits per heavy atom. The van der Waals surface area contributed by atoms with Crippen LogP contribution in [-0.4, -0.2) is 12.6 Å². The first kappa shape index (κ1) is 14.4. The fourth-order valence-corrected chi connectivity index (χ4v) is 3.19. The van der Waals surface area contributed by atoms with Crippen LogP contribution < -0.4 is 10.5 Å². The molecule has 1 saturated carbocycles. The van der Waals surface area contributed by atoms with Crippen molar-refractivity contribution < 1.29 is 4.74 Å². The minimum atomic E-state index is 0.404. The molecule has 1 aromatic carbocycles. The molecule has 1 aliphatic rings. The van der Waals surface area contributed by atoms with E-state index in [9.17, 15) is 0 Å². The van der Waals surface area contributed by atoms with Crippen LogP contribution in [0.5, 0.6) is 5.75 Å². The Balaban J connectivity index is 2.11. The molecule has 0 amide bonds. The van der Waals surface area contributed by atoms with E-state index in [1.165, 1.54) is 42.4 Å². The third-order valence-corrected chi connectivity index (χ3v) is 4.13. The molecule has 0 aliphatic heterocycles. The average molecular weight is 261 g/mol. The van der Waals surface area contributed by atoms with E-state index < -0.39 is 0 Å². The van der Waals surface area contributed by atoms with Crippen LogP contribution in [-0.2, 0) is 6.42 Å². The van der Waals surface area contributed by atoms with Gasteiger partial charge in [0.1, 0.15) is 5.75 Å². The summed E-state index contributed by atoms with van der Waals surface area (Å²) in [5.41, 5.74) is 9.46. The molecule has 0 aromatic heterocycles. The van der Waals surface area contributed by atoms with Crippen molar-refractivity contribution in [2.24, 2.45) is 11.7 Å². The Bertz CT molecular complexity index is 404. The van der Waals surface area contributed by atoms with Crippen molar-refractivity contribution in [3.63, 3.8) is 0 Å². The molecule has 1 aliphatic carbocycles. The van der Waals surface area contributed by atoms with Gasteiger partial charge < -0.3 is 10.5 Å². The van der Waals surface area contributed by atoms with Crippen LogP contribution in [0.25, 0.3) is 0 Å². The molecule has 2 nitrogen and oxygen atoms in total. The van der Waals surface area contributed by atoms with Crippen LogP contribution in [0.2, 0.25) is 0 Å². The van der Waals surface area contributed by atoms with Crippen LogP contribution in [0.15, 0.2) is 12.1 Å². The summed E-state index contributed by atoms with van der Waals surface area (Å²) in [6, 6.07) is 4.45. The average Bonchev–Trinajstić information content (AvgIpc) is 2.34. The van der Waals surface area contributed by atoms with Crippen molar-refractivity contribution in [3.8, 4) is 5.75 Å². The lowest BCUT2D eigenvalue weighted by molar-refractivity contribution is 0.127. The first-order valence-corrected chi connectivity index (χ1v) is 7.57. The molecule has 2 rings (SSSR count). The first-order chi connectivity index (χ1) is 9.10. The number of rotatable bonds is 4. The lowest BCUT2D eigenvalue weighted by atomic mass is 9.88. The highest BCUT2D eigenvalue weighted by Gasteiger charge is 2.21. The van der Waals surface area contributed by atoms with E-state index >= 15 is 0 Å². The summed E-state index contributed by atoms with van der Waals surface area (Å²) in [7, 11) is 0. The summed E-state index contributed by atoms with van der Waals surface area (Å²) in [6.07, 6.45) is 6.41. The van der Waals surface area contributed by atoms with Crippen molar-refractivity contribution in [2.45, 2.75) is 59.0 Å². The molecule has 1 fully saturated rings. The Kier molecular flexibility index (Phi) is 4.87. The van der Waals surface area contributed by atoms with Gasteiger partial charge in [-0.3, -0.25) is 0 Å². The predicted molar refractivity (Wildman–Crippen MR) is 80.7 cm³/mol. The van der Waals surface area contributed by atoms with Gasteiger partial charge in [-0.25, -0.2) is 0 Å². The number of nitrogens with two attached hydrogens (primary N) is 1. The predicted octanol–water partition coefficient (Wildman–Crippen LogP) is 3.76. The van der Waals surface area contributed by atoms with Crippen molar-refractivity contribution in [3.05, 3.63) is 28.8 Å². The maximum Gasteiger partial charge on any atom is 0.125 e. The number of aryl methyl sites for hydroxylation is 2. The first-order valence-electron chi connectivity index (χ1n) is 7.57. The normalized spacial score (nSPS) is 23.4. The van der Waals surface area contributed by atoms with E-state index in [1.54, 1.807) is 0 Å². The zero-order valence-corrected chi connectivity index (χ0v) is 12.5. The van der Waals surface area contributed by atoms with Crippen molar-refractivity contribution in [1.82, 2.24) is 0 Å². The molecule has 0 radical (unpaired) electrons. The zero-order chi connectivity index (χ0) is 13.8. The smallest absolute Gasteiger partial charge is 0.125 e. The van der Waals surface area contributed by atoms with Crippen LogP contribution in [0, 0.1) is 19.8 Å². The molecular weight excluding hydrogens is 234 g/mol. The number of hydrogen-bond acceptors (Lipinski definition) is 2. The van der Waals surface area contributed by atoms with Crippen molar-refractivity contribution >= 4 is 0 Å².